The van der Waals surface area contributed by atoms with Gasteiger partial charge in [0.1, 0.15) is 12.7 Å². The van der Waals surface area contributed by atoms with E-state index in [1.165, 1.54) is 0 Å². The van der Waals surface area contributed by atoms with E-state index < -0.39 is 18.7 Å². The molecule has 0 amide bonds. The molecule has 1 rings (SSSR count). The van der Waals surface area contributed by atoms with Crippen LogP contribution >= 0.6 is 0 Å². The van der Waals surface area contributed by atoms with E-state index in [2.05, 4.69) is 4.99 Å². The maximum Gasteiger partial charge on any atom is 0.329 e. The molecule has 1 aliphatic rings. The lowest BCUT2D eigenvalue weighted by atomic mass is 9.84. The van der Waals surface area contributed by atoms with Crippen LogP contribution in [0.25, 0.3) is 0 Å². The van der Waals surface area contributed by atoms with Crippen molar-refractivity contribution in [2.45, 2.75) is 51.6 Å². The normalized spacial score (nSPS) is 25.8. The molecule has 2 atom stereocenters. The van der Waals surface area contributed by atoms with Crippen LogP contribution in [0, 0.1) is 5.92 Å². The Morgan fingerprint density at radius 2 is 2.05 bits per heavy atom. The zero-order valence-corrected chi connectivity index (χ0v) is 11.7. The second-order valence-corrected chi connectivity index (χ2v) is 4.85. The van der Waals surface area contributed by atoms with E-state index in [9.17, 15) is 9.59 Å². The molecule has 1 aliphatic carbocycles. The monoisotopic (exact) mass is 269 g/mol. The molecule has 1 saturated carbocycles. The zero-order chi connectivity index (χ0) is 14.3. The van der Waals surface area contributed by atoms with Crippen molar-refractivity contribution in [2.75, 3.05) is 13.7 Å². The van der Waals surface area contributed by atoms with Crippen LogP contribution < -0.4 is 0 Å². The molecule has 5 heteroatoms. The number of carbonyl (C=O) groups excluding carboxylic acids is 1. The highest BCUT2D eigenvalue weighted by molar-refractivity contribution is 6.06. The third-order valence-corrected chi connectivity index (χ3v) is 3.58. The number of nitrogens with zero attached hydrogens (tertiary/aromatic N) is 1. The number of ketones is 1. The fraction of sp³-hybridized carbons (Fsp3) is 0.786. The molecule has 2 unspecified atom stereocenters. The predicted octanol–water partition coefficient (Wildman–Crippen LogP) is 2.09. The zero-order valence-electron chi connectivity index (χ0n) is 11.7. The van der Waals surface area contributed by atoms with Gasteiger partial charge in [0.25, 0.3) is 0 Å². The molecule has 0 aromatic heterocycles. The highest BCUT2D eigenvalue weighted by Gasteiger charge is 2.31. The summed E-state index contributed by atoms with van der Waals surface area (Å²) < 4.78 is 5.26. The number of ether oxygens (including phenoxy) is 1. The maximum absolute atomic E-state index is 12.5. The number of carboxylic acid groups (broad SMARTS) is 1. The number of carbonyl (C=O) groups is 2. The minimum atomic E-state index is -1.04. The third-order valence-electron chi connectivity index (χ3n) is 3.58. The van der Waals surface area contributed by atoms with Crippen molar-refractivity contribution >= 4 is 17.5 Å². The highest BCUT2D eigenvalue weighted by Crippen LogP contribution is 2.24. The summed E-state index contributed by atoms with van der Waals surface area (Å²) in [6.45, 7) is 1.58. The Hall–Kier alpha value is -1.23. The Labute approximate surface area is 114 Å². The number of rotatable bonds is 5. The minimum absolute atomic E-state index is 0.00315. The van der Waals surface area contributed by atoms with Gasteiger partial charge in [-0.05, 0) is 19.3 Å². The van der Waals surface area contributed by atoms with E-state index in [-0.39, 0.29) is 11.7 Å². The molecule has 0 aromatic rings. The molecule has 0 bridgehead atoms. The van der Waals surface area contributed by atoms with Gasteiger partial charge in [-0.1, -0.05) is 26.2 Å². The topological polar surface area (TPSA) is 76.0 Å². The van der Waals surface area contributed by atoms with Gasteiger partial charge >= 0.3 is 5.97 Å². The standard InChI is InChI=1S/C14H23NO4/c1-3-11(15-2)10-7-5-4-6-8-12(14(10)18)19-9-13(16)17/h10,12H,3-9H2,1-2H3,(H,16,17). The number of aliphatic imine (C=N–C) groups is 1. The summed E-state index contributed by atoms with van der Waals surface area (Å²) in [5.41, 5.74) is 0.899. The fourth-order valence-corrected chi connectivity index (χ4v) is 2.59. The van der Waals surface area contributed by atoms with Crippen LogP contribution in [-0.4, -0.2) is 42.3 Å². The van der Waals surface area contributed by atoms with E-state index in [1.807, 2.05) is 6.92 Å². The molecule has 108 valence electrons. The first kappa shape index (κ1) is 15.8. The molecular weight excluding hydrogens is 246 g/mol. The summed E-state index contributed by atoms with van der Waals surface area (Å²) in [6.07, 6.45) is 4.55. The van der Waals surface area contributed by atoms with E-state index in [4.69, 9.17) is 9.84 Å². The van der Waals surface area contributed by atoms with Gasteiger partial charge < -0.3 is 9.84 Å². The van der Waals surface area contributed by atoms with Crippen LogP contribution in [0.15, 0.2) is 4.99 Å². The summed E-state index contributed by atoms with van der Waals surface area (Å²) in [4.78, 5) is 27.2. The largest absolute Gasteiger partial charge is 0.480 e. The highest BCUT2D eigenvalue weighted by atomic mass is 16.5. The van der Waals surface area contributed by atoms with Crippen molar-refractivity contribution in [3.05, 3.63) is 0 Å². The van der Waals surface area contributed by atoms with Crippen molar-refractivity contribution in [3.8, 4) is 0 Å². The van der Waals surface area contributed by atoms with Crippen LogP contribution in [-0.2, 0) is 14.3 Å². The van der Waals surface area contributed by atoms with Gasteiger partial charge in [-0.15, -0.1) is 0 Å². The Bertz CT molecular complexity index is 351. The van der Waals surface area contributed by atoms with E-state index in [1.54, 1.807) is 7.05 Å². The Kier molecular flexibility index (Phi) is 6.70. The van der Waals surface area contributed by atoms with Crippen LogP contribution in [0.4, 0.5) is 0 Å². The summed E-state index contributed by atoms with van der Waals surface area (Å²) >= 11 is 0. The molecule has 19 heavy (non-hydrogen) atoms. The molecular formula is C14H23NO4. The third kappa shape index (κ3) is 4.74. The molecule has 0 radical (unpaired) electrons. The number of Topliss-reactive ketones (excluding diaryl/α,β-unsaturated/α-hetero) is 1. The minimum Gasteiger partial charge on any atom is -0.480 e. The SMILES string of the molecule is CCC(=NC)C1CCCCCC(OCC(=O)O)C1=O. The Morgan fingerprint density at radius 3 is 2.63 bits per heavy atom. The average molecular weight is 269 g/mol. The lowest BCUT2D eigenvalue weighted by Gasteiger charge is -2.25. The quantitative estimate of drug-likeness (QED) is 0.775. The predicted molar refractivity (Wildman–Crippen MR) is 72.6 cm³/mol. The van der Waals surface area contributed by atoms with Crippen LogP contribution in [0.1, 0.15) is 45.4 Å². The average Bonchev–Trinajstić information content (AvgIpc) is 2.37. The fourth-order valence-electron chi connectivity index (χ4n) is 2.59. The van der Waals surface area contributed by atoms with Crippen molar-refractivity contribution in [2.24, 2.45) is 10.9 Å². The molecule has 0 spiro atoms. The number of hydrogen-bond donors (Lipinski definition) is 1. The van der Waals surface area contributed by atoms with Crippen molar-refractivity contribution < 1.29 is 19.4 Å². The summed E-state index contributed by atoms with van der Waals surface area (Å²) in [7, 11) is 1.71. The first-order chi connectivity index (χ1) is 9.10. The second-order valence-electron chi connectivity index (χ2n) is 4.85. The summed E-state index contributed by atoms with van der Waals surface area (Å²) in [6, 6.07) is 0. The molecule has 0 saturated heterocycles. The number of carboxylic acids is 1. The molecule has 0 aliphatic heterocycles. The van der Waals surface area contributed by atoms with Crippen LogP contribution in [0.3, 0.4) is 0 Å². The molecule has 0 heterocycles. The lowest BCUT2D eigenvalue weighted by Crippen LogP contribution is -2.37. The van der Waals surface area contributed by atoms with Gasteiger partial charge in [-0.3, -0.25) is 9.79 Å². The summed E-state index contributed by atoms with van der Waals surface area (Å²) in [5.74, 6) is -1.23. The molecule has 0 aromatic carbocycles. The first-order valence-electron chi connectivity index (χ1n) is 6.92. The Morgan fingerprint density at radius 1 is 1.37 bits per heavy atom. The first-order valence-corrected chi connectivity index (χ1v) is 6.92. The van der Waals surface area contributed by atoms with Crippen LogP contribution in [0.2, 0.25) is 0 Å². The maximum atomic E-state index is 12.5. The Balaban J connectivity index is 2.78. The van der Waals surface area contributed by atoms with Crippen molar-refractivity contribution in [1.82, 2.24) is 0 Å². The molecule has 1 fully saturated rings. The van der Waals surface area contributed by atoms with Gasteiger partial charge in [0.15, 0.2) is 5.78 Å². The van der Waals surface area contributed by atoms with E-state index >= 15 is 0 Å². The van der Waals surface area contributed by atoms with Gasteiger partial charge in [-0.2, -0.15) is 0 Å². The van der Waals surface area contributed by atoms with Crippen molar-refractivity contribution in [1.29, 1.82) is 0 Å². The van der Waals surface area contributed by atoms with E-state index in [0.29, 0.717) is 6.42 Å². The van der Waals surface area contributed by atoms with Gasteiger partial charge in [0, 0.05) is 12.8 Å². The molecule has 1 N–H and O–H groups in total. The van der Waals surface area contributed by atoms with Gasteiger partial charge in [0.05, 0.1) is 5.92 Å². The summed E-state index contributed by atoms with van der Waals surface area (Å²) in [5, 5.41) is 8.66. The second kappa shape index (κ2) is 8.04. The van der Waals surface area contributed by atoms with Crippen LogP contribution in [0.5, 0.6) is 0 Å². The van der Waals surface area contributed by atoms with Crippen molar-refractivity contribution in [3.63, 3.8) is 0 Å². The molecule has 5 nitrogen and oxygen atoms in total. The number of hydrogen-bond acceptors (Lipinski definition) is 4. The van der Waals surface area contributed by atoms with Gasteiger partial charge in [-0.25, -0.2) is 4.79 Å². The van der Waals surface area contributed by atoms with E-state index in [0.717, 1.165) is 37.8 Å². The number of aliphatic carboxylic acids is 1. The lowest BCUT2D eigenvalue weighted by molar-refractivity contribution is -0.148. The smallest absolute Gasteiger partial charge is 0.329 e. The van der Waals surface area contributed by atoms with Gasteiger partial charge in [0.2, 0.25) is 0 Å².